The van der Waals surface area contributed by atoms with Crippen molar-refractivity contribution in [3.05, 3.63) is 109 Å². The Labute approximate surface area is 425 Å². The molecule has 0 aromatic rings. The molecule has 0 aliphatic heterocycles. The minimum atomic E-state index is -0.802. The second kappa shape index (κ2) is 56.7. The smallest absolute Gasteiger partial charge is 0.306 e. The monoisotopic (exact) mass is 957 g/mol. The van der Waals surface area contributed by atoms with Gasteiger partial charge in [0.15, 0.2) is 6.10 Å². The van der Waals surface area contributed by atoms with E-state index < -0.39 is 6.10 Å². The standard InChI is InChI=1S/C63H104O6/c1-4-7-10-13-16-19-22-25-28-30-31-33-36-38-41-44-47-50-53-56-62(65)68-59-60(69-63(66)57-54-51-48-45-42-39-34-27-24-21-18-15-12-9-6-3)58-67-61(64)55-52-49-46-43-40-37-35-32-29-26-23-20-17-14-11-8-5-2/h8-9,11-12,16-21,25-29,34-35,37,60H,4-7,10,13-15,22-24,30-33,36,38-59H2,1-3H3/b11-8-,12-9-,19-16-,20-17-,21-18-,28-25-,29-26-,34-27-,37-35-/t60-/m1/s1. The summed E-state index contributed by atoms with van der Waals surface area (Å²) in [6.07, 6.45) is 76.4. The summed E-state index contributed by atoms with van der Waals surface area (Å²) in [6.45, 7) is 6.35. The molecule has 0 heterocycles. The Balaban J connectivity index is 4.45. The van der Waals surface area contributed by atoms with E-state index in [1.54, 1.807) is 0 Å². The first-order valence-corrected chi connectivity index (χ1v) is 28.4. The molecular formula is C63H104O6. The zero-order chi connectivity index (χ0) is 50.0. The van der Waals surface area contributed by atoms with E-state index in [0.29, 0.717) is 19.3 Å². The van der Waals surface area contributed by atoms with Crippen molar-refractivity contribution in [2.24, 2.45) is 0 Å². The average Bonchev–Trinajstić information content (AvgIpc) is 3.35. The highest BCUT2D eigenvalue weighted by atomic mass is 16.6. The molecular weight excluding hydrogens is 853 g/mol. The Morgan fingerprint density at radius 1 is 0.304 bits per heavy atom. The summed E-state index contributed by atoms with van der Waals surface area (Å²) in [4.78, 5) is 38.2. The highest BCUT2D eigenvalue weighted by Gasteiger charge is 2.19. The third-order valence-corrected chi connectivity index (χ3v) is 11.7. The Hall–Kier alpha value is -3.93. The van der Waals surface area contributed by atoms with Crippen molar-refractivity contribution >= 4 is 17.9 Å². The number of hydrogen-bond donors (Lipinski definition) is 0. The van der Waals surface area contributed by atoms with Crippen molar-refractivity contribution < 1.29 is 28.6 Å². The van der Waals surface area contributed by atoms with Crippen LogP contribution in [0.4, 0.5) is 0 Å². The zero-order valence-corrected chi connectivity index (χ0v) is 44.8. The number of hydrogen-bond acceptors (Lipinski definition) is 6. The lowest BCUT2D eigenvalue weighted by molar-refractivity contribution is -0.167. The molecule has 0 spiro atoms. The van der Waals surface area contributed by atoms with Gasteiger partial charge in [-0.3, -0.25) is 14.4 Å². The lowest BCUT2D eigenvalue weighted by atomic mass is 10.1. The maximum Gasteiger partial charge on any atom is 0.306 e. The predicted octanol–water partition coefficient (Wildman–Crippen LogP) is 19.1. The van der Waals surface area contributed by atoms with Crippen LogP contribution in [0, 0.1) is 0 Å². The molecule has 1 atom stereocenters. The Morgan fingerprint density at radius 3 is 0.884 bits per heavy atom. The summed E-state index contributed by atoms with van der Waals surface area (Å²) in [5, 5.41) is 0. The molecule has 0 N–H and O–H groups in total. The number of carbonyl (C=O) groups excluding carboxylic acids is 3. The molecule has 6 nitrogen and oxygen atoms in total. The van der Waals surface area contributed by atoms with Crippen LogP contribution in [-0.2, 0) is 28.6 Å². The van der Waals surface area contributed by atoms with E-state index >= 15 is 0 Å². The van der Waals surface area contributed by atoms with E-state index in [0.717, 1.165) is 141 Å². The topological polar surface area (TPSA) is 78.9 Å². The number of carbonyl (C=O) groups is 3. The van der Waals surface area contributed by atoms with E-state index in [1.165, 1.54) is 70.6 Å². The van der Waals surface area contributed by atoms with Gasteiger partial charge in [-0.25, -0.2) is 0 Å². The molecule has 0 fully saturated rings. The molecule has 0 radical (unpaired) electrons. The molecule has 0 amide bonds. The Bertz CT molecular complexity index is 1420. The fourth-order valence-corrected chi connectivity index (χ4v) is 7.54. The lowest BCUT2D eigenvalue weighted by Crippen LogP contribution is -2.30. The maximum absolute atomic E-state index is 12.8. The van der Waals surface area contributed by atoms with Gasteiger partial charge < -0.3 is 14.2 Å². The first kappa shape index (κ1) is 65.1. The number of esters is 3. The summed E-state index contributed by atoms with van der Waals surface area (Å²) in [5.74, 6) is -0.942. The van der Waals surface area contributed by atoms with Crippen molar-refractivity contribution in [1.29, 1.82) is 0 Å². The number of rotatable bonds is 50. The Morgan fingerprint density at radius 2 is 0.565 bits per heavy atom. The molecule has 6 heteroatoms. The van der Waals surface area contributed by atoms with Crippen LogP contribution in [0.15, 0.2) is 109 Å². The van der Waals surface area contributed by atoms with Gasteiger partial charge in [-0.05, 0) is 122 Å². The fraction of sp³-hybridized carbons (Fsp3) is 0.667. The third-order valence-electron chi connectivity index (χ3n) is 11.7. The van der Waals surface area contributed by atoms with Gasteiger partial charge in [0, 0.05) is 19.3 Å². The molecule has 0 aliphatic carbocycles. The van der Waals surface area contributed by atoms with E-state index in [-0.39, 0.29) is 31.1 Å². The fourth-order valence-electron chi connectivity index (χ4n) is 7.54. The van der Waals surface area contributed by atoms with Gasteiger partial charge in [0.2, 0.25) is 0 Å². The van der Waals surface area contributed by atoms with Gasteiger partial charge >= 0.3 is 17.9 Å². The SMILES string of the molecule is CC/C=C\C/C=C\C/C=C\C/C=C\CCCCCCC(=O)OC[C@H](COC(=O)CCCCCCCCCCC/C=C\C/C=C\CCCCC)OC(=O)CCCCCCC/C=C\C/C=C\C/C=C\CC. The van der Waals surface area contributed by atoms with E-state index in [4.69, 9.17) is 14.2 Å². The molecule has 0 saturated heterocycles. The largest absolute Gasteiger partial charge is 0.462 e. The molecule has 0 aromatic carbocycles. The molecule has 0 bridgehead atoms. The van der Waals surface area contributed by atoms with Crippen LogP contribution in [0.1, 0.15) is 252 Å². The van der Waals surface area contributed by atoms with Crippen molar-refractivity contribution in [1.82, 2.24) is 0 Å². The summed E-state index contributed by atoms with van der Waals surface area (Å²) < 4.78 is 16.8. The minimum absolute atomic E-state index is 0.0969. The molecule has 0 aromatic heterocycles. The van der Waals surface area contributed by atoms with Crippen LogP contribution in [0.2, 0.25) is 0 Å². The minimum Gasteiger partial charge on any atom is -0.462 e. The molecule has 0 rings (SSSR count). The molecule has 0 aliphatic rings. The molecule has 0 saturated carbocycles. The van der Waals surface area contributed by atoms with Gasteiger partial charge in [-0.15, -0.1) is 0 Å². The molecule has 0 unspecified atom stereocenters. The van der Waals surface area contributed by atoms with E-state index in [1.807, 2.05) is 0 Å². The van der Waals surface area contributed by atoms with Crippen molar-refractivity contribution in [2.75, 3.05) is 13.2 Å². The number of allylic oxidation sites excluding steroid dienone is 18. The number of unbranched alkanes of at least 4 members (excludes halogenated alkanes) is 21. The summed E-state index contributed by atoms with van der Waals surface area (Å²) in [6, 6.07) is 0. The van der Waals surface area contributed by atoms with Crippen LogP contribution in [0.25, 0.3) is 0 Å². The van der Waals surface area contributed by atoms with Gasteiger partial charge in [0.05, 0.1) is 0 Å². The lowest BCUT2D eigenvalue weighted by Gasteiger charge is -2.18. The van der Waals surface area contributed by atoms with Gasteiger partial charge in [0.25, 0.3) is 0 Å². The third kappa shape index (κ3) is 54.9. The van der Waals surface area contributed by atoms with E-state index in [2.05, 4.69) is 130 Å². The van der Waals surface area contributed by atoms with Gasteiger partial charge in [0.1, 0.15) is 13.2 Å². The molecule has 392 valence electrons. The Kier molecular flexibility index (Phi) is 53.4. The summed E-state index contributed by atoms with van der Waals surface area (Å²) in [7, 11) is 0. The van der Waals surface area contributed by atoms with Crippen LogP contribution in [0.5, 0.6) is 0 Å². The quantitative estimate of drug-likeness (QED) is 0.0262. The number of ether oxygens (including phenoxy) is 3. The van der Waals surface area contributed by atoms with Crippen LogP contribution < -0.4 is 0 Å². The predicted molar refractivity (Wildman–Crippen MR) is 297 cm³/mol. The normalized spacial score (nSPS) is 12.9. The van der Waals surface area contributed by atoms with Crippen LogP contribution >= 0.6 is 0 Å². The molecule has 69 heavy (non-hydrogen) atoms. The summed E-state index contributed by atoms with van der Waals surface area (Å²) >= 11 is 0. The van der Waals surface area contributed by atoms with Gasteiger partial charge in [-0.2, -0.15) is 0 Å². The second-order valence-electron chi connectivity index (χ2n) is 18.4. The first-order chi connectivity index (χ1) is 34.0. The van der Waals surface area contributed by atoms with Crippen molar-refractivity contribution in [3.63, 3.8) is 0 Å². The first-order valence-electron chi connectivity index (χ1n) is 28.4. The zero-order valence-electron chi connectivity index (χ0n) is 44.8. The van der Waals surface area contributed by atoms with Crippen LogP contribution in [0.3, 0.4) is 0 Å². The van der Waals surface area contributed by atoms with Gasteiger partial charge in [-0.1, -0.05) is 220 Å². The van der Waals surface area contributed by atoms with E-state index in [9.17, 15) is 14.4 Å². The highest BCUT2D eigenvalue weighted by molar-refractivity contribution is 5.71. The maximum atomic E-state index is 12.8. The average molecular weight is 958 g/mol. The van der Waals surface area contributed by atoms with Crippen molar-refractivity contribution in [3.8, 4) is 0 Å². The van der Waals surface area contributed by atoms with Crippen molar-refractivity contribution in [2.45, 2.75) is 258 Å². The van der Waals surface area contributed by atoms with Crippen LogP contribution in [-0.4, -0.2) is 37.2 Å². The summed E-state index contributed by atoms with van der Waals surface area (Å²) in [5.41, 5.74) is 0. The highest BCUT2D eigenvalue weighted by Crippen LogP contribution is 2.14. The second-order valence-corrected chi connectivity index (χ2v) is 18.4.